The fourth-order valence-electron chi connectivity index (χ4n) is 3.21. The summed E-state index contributed by atoms with van der Waals surface area (Å²) >= 11 is 1.75. The van der Waals surface area contributed by atoms with Gasteiger partial charge < -0.3 is 9.64 Å². The largest absolute Gasteiger partial charge is 0.484 e. The molecule has 4 rings (SSSR count). The number of benzene rings is 2. The normalized spacial score (nSPS) is 15.3. The minimum atomic E-state index is -0.319. The van der Waals surface area contributed by atoms with E-state index >= 15 is 0 Å². The van der Waals surface area contributed by atoms with Gasteiger partial charge in [-0.05, 0) is 49.2 Å². The minimum Gasteiger partial charge on any atom is -0.484 e. The van der Waals surface area contributed by atoms with Crippen molar-refractivity contribution in [2.75, 3.05) is 19.7 Å². The van der Waals surface area contributed by atoms with Gasteiger partial charge in [0.05, 0.1) is 15.2 Å². The number of ether oxygens (including phenoxy) is 1. The summed E-state index contributed by atoms with van der Waals surface area (Å²) in [4.78, 5) is 18.9. The van der Waals surface area contributed by atoms with Gasteiger partial charge >= 0.3 is 0 Å². The Bertz CT molecular complexity index is 869. The molecule has 1 saturated heterocycles. The molecule has 0 N–H and O–H groups in total. The van der Waals surface area contributed by atoms with Crippen LogP contribution in [0.3, 0.4) is 0 Å². The lowest BCUT2D eigenvalue weighted by Gasteiger charge is -2.31. The molecule has 2 aromatic carbocycles. The summed E-state index contributed by atoms with van der Waals surface area (Å²) in [7, 11) is 0. The quantitative estimate of drug-likeness (QED) is 0.691. The Kier molecular flexibility index (Phi) is 4.84. The van der Waals surface area contributed by atoms with E-state index in [9.17, 15) is 9.18 Å². The van der Waals surface area contributed by atoms with Gasteiger partial charge in [0.2, 0.25) is 0 Å². The van der Waals surface area contributed by atoms with Gasteiger partial charge in [0.15, 0.2) is 6.61 Å². The number of carbonyl (C=O) groups excluding carboxylic acids is 1. The molecule has 1 amide bonds. The van der Waals surface area contributed by atoms with E-state index in [-0.39, 0.29) is 18.3 Å². The zero-order valence-electron chi connectivity index (χ0n) is 14.2. The second kappa shape index (κ2) is 7.41. The topological polar surface area (TPSA) is 42.4 Å². The Morgan fingerprint density at radius 3 is 2.62 bits per heavy atom. The van der Waals surface area contributed by atoms with E-state index in [0.29, 0.717) is 24.8 Å². The molecule has 3 aromatic rings. The number of rotatable bonds is 4. The highest BCUT2D eigenvalue weighted by molar-refractivity contribution is 7.18. The second-order valence-electron chi connectivity index (χ2n) is 6.42. The van der Waals surface area contributed by atoms with Crippen LogP contribution in [0.1, 0.15) is 23.8 Å². The standard InChI is InChI=1S/C20H19FN2O2S/c21-15-5-7-16(8-6-15)25-13-19(24)23-11-9-14(10-12-23)20-22-17-3-1-2-4-18(17)26-20/h1-8,14H,9-13H2. The first-order chi connectivity index (χ1) is 12.7. The summed E-state index contributed by atoms with van der Waals surface area (Å²) in [5, 5.41) is 1.17. The molecule has 0 radical (unpaired) electrons. The van der Waals surface area contributed by atoms with Gasteiger partial charge in [-0.25, -0.2) is 9.37 Å². The molecule has 0 aliphatic carbocycles. The highest BCUT2D eigenvalue weighted by Gasteiger charge is 2.26. The Morgan fingerprint density at radius 2 is 1.88 bits per heavy atom. The van der Waals surface area contributed by atoms with Crippen molar-refractivity contribution in [3.8, 4) is 5.75 Å². The molecule has 0 spiro atoms. The van der Waals surface area contributed by atoms with Gasteiger partial charge in [0.1, 0.15) is 11.6 Å². The summed E-state index contributed by atoms with van der Waals surface area (Å²) < 4.78 is 19.6. The van der Waals surface area contributed by atoms with Crippen LogP contribution in [0.25, 0.3) is 10.2 Å². The van der Waals surface area contributed by atoms with Crippen LogP contribution in [0, 0.1) is 5.82 Å². The van der Waals surface area contributed by atoms with E-state index < -0.39 is 0 Å². The van der Waals surface area contributed by atoms with Crippen molar-refractivity contribution in [1.29, 1.82) is 0 Å². The number of fused-ring (bicyclic) bond motifs is 1. The fourth-order valence-corrected chi connectivity index (χ4v) is 4.34. The fraction of sp³-hybridized carbons (Fsp3) is 0.300. The van der Waals surface area contributed by atoms with Gasteiger partial charge in [-0.1, -0.05) is 12.1 Å². The number of carbonyl (C=O) groups is 1. The molecule has 0 atom stereocenters. The smallest absolute Gasteiger partial charge is 0.260 e. The number of halogens is 1. The number of amides is 1. The zero-order chi connectivity index (χ0) is 17.9. The molecule has 4 nitrogen and oxygen atoms in total. The Labute approximate surface area is 155 Å². The minimum absolute atomic E-state index is 0.0164. The van der Waals surface area contributed by atoms with Crippen molar-refractivity contribution in [1.82, 2.24) is 9.88 Å². The number of hydrogen-bond donors (Lipinski definition) is 0. The summed E-state index contributed by atoms with van der Waals surface area (Å²) in [5.41, 5.74) is 1.05. The number of aromatic nitrogens is 1. The third-order valence-corrected chi connectivity index (χ3v) is 5.88. The molecule has 1 fully saturated rings. The maximum absolute atomic E-state index is 12.9. The Balaban J connectivity index is 1.31. The summed E-state index contributed by atoms with van der Waals surface area (Å²) in [6.45, 7) is 1.41. The monoisotopic (exact) mass is 370 g/mol. The summed E-state index contributed by atoms with van der Waals surface area (Å²) in [5.74, 6) is 0.566. The molecule has 2 heterocycles. The number of para-hydroxylation sites is 1. The lowest BCUT2D eigenvalue weighted by molar-refractivity contribution is -0.134. The SMILES string of the molecule is O=C(COc1ccc(F)cc1)N1CCC(c2nc3ccccc3s2)CC1. The molecular formula is C20H19FN2O2S. The highest BCUT2D eigenvalue weighted by atomic mass is 32.1. The van der Waals surface area contributed by atoms with Gasteiger partial charge in [-0.2, -0.15) is 0 Å². The van der Waals surface area contributed by atoms with E-state index in [1.807, 2.05) is 23.1 Å². The summed E-state index contributed by atoms with van der Waals surface area (Å²) in [6, 6.07) is 13.9. The van der Waals surface area contributed by atoms with Crippen molar-refractivity contribution < 1.29 is 13.9 Å². The molecule has 0 saturated carbocycles. The maximum atomic E-state index is 12.9. The number of likely N-dealkylation sites (tertiary alicyclic amines) is 1. The van der Waals surface area contributed by atoms with Crippen LogP contribution in [-0.4, -0.2) is 35.5 Å². The van der Waals surface area contributed by atoms with E-state index in [4.69, 9.17) is 9.72 Å². The van der Waals surface area contributed by atoms with Crippen molar-refractivity contribution >= 4 is 27.5 Å². The number of hydrogen-bond acceptors (Lipinski definition) is 4. The first-order valence-corrected chi connectivity index (χ1v) is 9.52. The molecule has 1 aromatic heterocycles. The predicted molar refractivity (Wildman–Crippen MR) is 100 cm³/mol. The maximum Gasteiger partial charge on any atom is 0.260 e. The molecule has 6 heteroatoms. The average Bonchev–Trinajstić information content (AvgIpc) is 3.12. The summed E-state index contributed by atoms with van der Waals surface area (Å²) in [6.07, 6.45) is 1.84. The van der Waals surface area contributed by atoms with Crippen LogP contribution in [-0.2, 0) is 4.79 Å². The third kappa shape index (κ3) is 3.70. The van der Waals surface area contributed by atoms with Crippen molar-refractivity contribution in [3.63, 3.8) is 0 Å². The van der Waals surface area contributed by atoms with Gasteiger partial charge in [-0.15, -0.1) is 11.3 Å². The van der Waals surface area contributed by atoms with Crippen LogP contribution in [0.15, 0.2) is 48.5 Å². The molecule has 0 bridgehead atoms. The predicted octanol–water partition coefficient (Wildman–Crippen LogP) is 4.22. The van der Waals surface area contributed by atoms with Crippen molar-refractivity contribution in [3.05, 3.63) is 59.4 Å². The molecule has 1 aliphatic heterocycles. The van der Waals surface area contributed by atoms with Crippen LogP contribution < -0.4 is 4.74 Å². The molecule has 26 heavy (non-hydrogen) atoms. The van der Waals surface area contributed by atoms with Crippen LogP contribution in [0.2, 0.25) is 0 Å². The van der Waals surface area contributed by atoms with Crippen molar-refractivity contribution in [2.24, 2.45) is 0 Å². The number of nitrogens with zero attached hydrogens (tertiary/aromatic N) is 2. The first-order valence-electron chi connectivity index (χ1n) is 8.70. The first kappa shape index (κ1) is 17.0. The second-order valence-corrected chi connectivity index (χ2v) is 7.48. The third-order valence-electron chi connectivity index (χ3n) is 4.68. The molecular weight excluding hydrogens is 351 g/mol. The van der Waals surface area contributed by atoms with Crippen molar-refractivity contribution in [2.45, 2.75) is 18.8 Å². The van der Waals surface area contributed by atoms with Crippen LogP contribution >= 0.6 is 11.3 Å². The average molecular weight is 370 g/mol. The lowest BCUT2D eigenvalue weighted by Crippen LogP contribution is -2.40. The van der Waals surface area contributed by atoms with E-state index in [1.165, 1.54) is 34.0 Å². The van der Waals surface area contributed by atoms with Gasteiger partial charge in [0, 0.05) is 19.0 Å². The van der Waals surface area contributed by atoms with Crippen LogP contribution in [0.4, 0.5) is 4.39 Å². The lowest BCUT2D eigenvalue weighted by atomic mass is 9.97. The molecule has 134 valence electrons. The molecule has 1 aliphatic rings. The van der Waals surface area contributed by atoms with Gasteiger partial charge in [-0.3, -0.25) is 4.79 Å². The van der Waals surface area contributed by atoms with E-state index in [1.54, 1.807) is 11.3 Å². The highest BCUT2D eigenvalue weighted by Crippen LogP contribution is 2.33. The number of piperidine rings is 1. The Morgan fingerprint density at radius 1 is 1.15 bits per heavy atom. The van der Waals surface area contributed by atoms with Crippen LogP contribution in [0.5, 0.6) is 5.75 Å². The molecule has 0 unspecified atom stereocenters. The van der Waals surface area contributed by atoms with E-state index in [2.05, 4.69) is 6.07 Å². The van der Waals surface area contributed by atoms with Gasteiger partial charge in [0.25, 0.3) is 5.91 Å². The number of thiazole rings is 1. The van der Waals surface area contributed by atoms with E-state index in [0.717, 1.165) is 18.4 Å². The zero-order valence-corrected chi connectivity index (χ0v) is 15.0. The Hall–Kier alpha value is -2.47.